The van der Waals surface area contributed by atoms with Crippen LogP contribution in [0.25, 0.3) is 0 Å². The molecule has 4 nitrogen and oxygen atoms in total. The fourth-order valence-corrected chi connectivity index (χ4v) is 2.64. The van der Waals surface area contributed by atoms with Gasteiger partial charge in [-0.05, 0) is 33.4 Å². The van der Waals surface area contributed by atoms with Crippen LogP contribution in [-0.4, -0.2) is 49.7 Å². The number of aromatic nitrogens is 1. The monoisotopic (exact) mass is 298 g/mol. The smallest absolute Gasteiger partial charge is 0.168 e. The van der Waals surface area contributed by atoms with Gasteiger partial charge in [-0.3, -0.25) is 0 Å². The van der Waals surface area contributed by atoms with Crippen molar-refractivity contribution in [2.75, 3.05) is 43.9 Å². The van der Waals surface area contributed by atoms with Crippen molar-refractivity contribution >= 4 is 11.6 Å². The van der Waals surface area contributed by atoms with Gasteiger partial charge in [0.1, 0.15) is 0 Å². The first kappa shape index (κ1) is 15.9. The molecule has 1 aromatic rings. The molecule has 2 rings (SSSR count). The van der Waals surface area contributed by atoms with Crippen LogP contribution in [0.15, 0.2) is 6.07 Å². The normalized spacial score (nSPS) is 16.6. The first-order chi connectivity index (χ1) is 10.0. The average Bonchev–Trinajstić information content (AvgIpc) is 2.46. The van der Waals surface area contributed by atoms with Gasteiger partial charge in [0.05, 0.1) is 0 Å². The third kappa shape index (κ3) is 3.81. The van der Waals surface area contributed by atoms with Crippen LogP contribution in [0.5, 0.6) is 0 Å². The van der Waals surface area contributed by atoms with Crippen LogP contribution in [0.1, 0.15) is 26.2 Å². The van der Waals surface area contributed by atoms with E-state index in [1.165, 1.54) is 0 Å². The predicted octanol–water partition coefficient (Wildman–Crippen LogP) is 2.71. The van der Waals surface area contributed by atoms with Crippen molar-refractivity contribution < 1.29 is 8.78 Å². The van der Waals surface area contributed by atoms with Crippen LogP contribution in [-0.2, 0) is 0 Å². The molecule has 0 unspecified atom stereocenters. The lowest BCUT2D eigenvalue weighted by Crippen LogP contribution is -2.42. The minimum absolute atomic E-state index is 0.142. The molecule has 0 amide bonds. The van der Waals surface area contributed by atoms with E-state index in [1.54, 1.807) is 0 Å². The lowest BCUT2D eigenvalue weighted by Gasteiger charge is -2.36. The maximum absolute atomic E-state index is 14.0. The standard InChI is InChI=1S/C15H24F2N4/c1-4-7-18-14-12(16)10-13(17)15(19-14)21-8-5-11(6-9-21)20(2)3/h10-11H,4-9H2,1-3H3,(H,18,19). The highest BCUT2D eigenvalue weighted by Gasteiger charge is 2.24. The number of halogens is 2. The van der Waals surface area contributed by atoms with Gasteiger partial charge in [-0.1, -0.05) is 6.92 Å². The Hall–Kier alpha value is -1.43. The number of hydrogen-bond acceptors (Lipinski definition) is 4. The maximum Gasteiger partial charge on any atom is 0.168 e. The highest BCUT2D eigenvalue weighted by atomic mass is 19.1. The van der Waals surface area contributed by atoms with Gasteiger partial charge in [-0.15, -0.1) is 0 Å². The second kappa shape index (κ2) is 7.02. The minimum Gasteiger partial charge on any atom is -0.368 e. The Balaban J connectivity index is 2.12. The van der Waals surface area contributed by atoms with Crippen LogP contribution >= 0.6 is 0 Å². The summed E-state index contributed by atoms with van der Waals surface area (Å²) in [6, 6.07) is 1.45. The molecule has 1 N–H and O–H groups in total. The van der Waals surface area contributed by atoms with Crippen molar-refractivity contribution in [1.82, 2.24) is 9.88 Å². The SMILES string of the molecule is CCCNc1nc(N2CCC(N(C)C)CC2)c(F)cc1F. The number of pyridine rings is 1. The number of rotatable bonds is 5. The Morgan fingerprint density at radius 3 is 2.52 bits per heavy atom. The van der Waals surface area contributed by atoms with Crippen molar-refractivity contribution in [2.24, 2.45) is 0 Å². The fourth-order valence-electron chi connectivity index (χ4n) is 2.64. The van der Waals surface area contributed by atoms with Crippen LogP contribution in [0.4, 0.5) is 20.4 Å². The summed E-state index contributed by atoms with van der Waals surface area (Å²) < 4.78 is 27.7. The van der Waals surface area contributed by atoms with E-state index in [4.69, 9.17) is 0 Å². The zero-order valence-corrected chi connectivity index (χ0v) is 13.0. The van der Waals surface area contributed by atoms with Crippen molar-refractivity contribution in [3.05, 3.63) is 17.7 Å². The molecule has 1 fully saturated rings. The molecule has 1 saturated heterocycles. The van der Waals surface area contributed by atoms with E-state index in [9.17, 15) is 8.78 Å². The zero-order chi connectivity index (χ0) is 15.4. The highest BCUT2D eigenvalue weighted by molar-refractivity contribution is 5.49. The van der Waals surface area contributed by atoms with E-state index < -0.39 is 11.6 Å². The number of hydrogen-bond donors (Lipinski definition) is 1. The first-order valence-corrected chi connectivity index (χ1v) is 7.54. The summed E-state index contributed by atoms with van der Waals surface area (Å²) in [6.07, 6.45) is 2.79. The summed E-state index contributed by atoms with van der Waals surface area (Å²) in [5.74, 6) is -0.819. The second-order valence-electron chi connectivity index (χ2n) is 5.73. The van der Waals surface area contributed by atoms with Gasteiger partial charge in [0.25, 0.3) is 0 Å². The lowest BCUT2D eigenvalue weighted by molar-refractivity contribution is 0.249. The van der Waals surface area contributed by atoms with E-state index >= 15 is 0 Å². The fraction of sp³-hybridized carbons (Fsp3) is 0.667. The second-order valence-corrected chi connectivity index (χ2v) is 5.73. The highest BCUT2D eigenvalue weighted by Crippen LogP contribution is 2.26. The first-order valence-electron chi connectivity index (χ1n) is 7.54. The molecular weight excluding hydrogens is 274 g/mol. The van der Waals surface area contributed by atoms with Crippen molar-refractivity contribution in [3.8, 4) is 0 Å². The summed E-state index contributed by atoms with van der Waals surface area (Å²) in [6.45, 7) is 4.09. The molecule has 1 aliphatic heterocycles. The third-order valence-electron chi connectivity index (χ3n) is 3.95. The Morgan fingerprint density at radius 1 is 1.29 bits per heavy atom. The molecule has 0 aliphatic carbocycles. The molecule has 21 heavy (non-hydrogen) atoms. The molecule has 1 aromatic heterocycles. The molecule has 0 saturated carbocycles. The Morgan fingerprint density at radius 2 is 1.95 bits per heavy atom. The Bertz CT molecular complexity index is 471. The molecule has 0 radical (unpaired) electrons. The van der Waals surface area contributed by atoms with Crippen molar-refractivity contribution in [2.45, 2.75) is 32.2 Å². The minimum atomic E-state index is -0.632. The third-order valence-corrected chi connectivity index (χ3v) is 3.95. The van der Waals surface area contributed by atoms with Gasteiger partial charge in [0.15, 0.2) is 23.3 Å². The molecule has 6 heteroatoms. The van der Waals surface area contributed by atoms with Crippen LogP contribution in [0.3, 0.4) is 0 Å². The van der Waals surface area contributed by atoms with Gasteiger partial charge >= 0.3 is 0 Å². The average molecular weight is 298 g/mol. The molecule has 0 bridgehead atoms. The molecular formula is C15H24F2N4. The number of anilines is 2. The van der Waals surface area contributed by atoms with E-state index in [0.717, 1.165) is 38.4 Å². The van der Waals surface area contributed by atoms with E-state index in [2.05, 4.69) is 29.3 Å². The zero-order valence-electron chi connectivity index (χ0n) is 13.0. The van der Waals surface area contributed by atoms with Crippen molar-refractivity contribution in [1.29, 1.82) is 0 Å². The molecule has 2 heterocycles. The molecule has 118 valence electrons. The van der Waals surface area contributed by atoms with Crippen LogP contribution in [0, 0.1) is 11.6 Å². The lowest BCUT2D eigenvalue weighted by atomic mass is 10.0. The van der Waals surface area contributed by atoms with E-state index in [-0.39, 0.29) is 11.6 Å². The molecule has 0 spiro atoms. The molecule has 0 aromatic carbocycles. The van der Waals surface area contributed by atoms with E-state index in [0.29, 0.717) is 12.6 Å². The maximum atomic E-state index is 14.0. The van der Waals surface area contributed by atoms with Gasteiger partial charge in [-0.2, -0.15) is 0 Å². The summed E-state index contributed by atoms with van der Waals surface area (Å²) in [7, 11) is 4.12. The molecule has 1 aliphatic rings. The predicted molar refractivity (Wildman–Crippen MR) is 81.9 cm³/mol. The van der Waals surface area contributed by atoms with E-state index in [1.807, 2.05) is 11.8 Å². The summed E-state index contributed by atoms with van der Waals surface area (Å²) in [5.41, 5.74) is 0. The molecule has 0 atom stereocenters. The van der Waals surface area contributed by atoms with Crippen LogP contribution < -0.4 is 10.2 Å². The number of nitrogens with zero attached hydrogens (tertiary/aromatic N) is 3. The van der Waals surface area contributed by atoms with Gasteiger partial charge in [0.2, 0.25) is 0 Å². The topological polar surface area (TPSA) is 31.4 Å². The van der Waals surface area contributed by atoms with Gasteiger partial charge in [-0.25, -0.2) is 13.8 Å². The van der Waals surface area contributed by atoms with Crippen molar-refractivity contribution in [3.63, 3.8) is 0 Å². The van der Waals surface area contributed by atoms with Gasteiger partial charge < -0.3 is 15.1 Å². The van der Waals surface area contributed by atoms with Gasteiger partial charge in [0, 0.05) is 31.7 Å². The Labute approximate surface area is 125 Å². The summed E-state index contributed by atoms with van der Waals surface area (Å²) in [5, 5.41) is 2.91. The largest absolute Gasteiger partial charge is 0.368 e. The number of nitrogens with one attached hydrogen (secondary N) is 1. The van der Waals surface area contributed by atoms with Crippen LogP contribution in [0.2, 0.25) is 0 Å². The Kier molecular flexibility index (Phi) is 5.33. The quantitative estimate of drug-likeness (QED) is 0.905. The summed E-state index contributed by atoms with van der Waals surface area (Å²) in [4.78, 5) is 8.26. The summed E-state index contributed by atoms with van der Waals surface area (Å²) >= 11 is 0. The number of piperidine rings is 1.